The maximum absolute atomic E-state index is 11.3. The van der Waals surface area contributed by atoms with Gasteiger partial charge >= 0.3 is 0 Å². The molecule has 0 unspecified atom stereocenters. The number of hydrogen-bond acceptors (Lipinski definition) is 1. The van der Waals surface area contributed by atoms with Crippen molar-refractivity contribution in [2.24, 2.45) is 5.92 Å². The quantitative estimate of drug-likeness (QED) is 0.632. The average molecular weight is 170 g/mol. The van der Waals surface area contributed by atoms with E-state index >= 15 is 0 Å². The Kier molecular flexibility index (Phi) is 4.95. The molecule has 0 rings (SSSR count). The number of rotatable bonds is 4. The summed E-state index contributed by atoms with van der Waals surface area (Å²) in [6, 6.07) is 0. The minimum Gasteiger partial charge on any atom is -0.345 e. The first-order valence-electron chi connectivity index (χ1n) is 4.50. The number of amides is 1. The third kappa shape index (κ3) is 4.37. The lowest BCUT2D eigenvalue weighted by Crippen LogP contribution is -2.30. The zero-order chi connectivity index (χ0) is 9.72. The van der Waals surface area contributed by atoms with Crippen LogP contribution in [-0.4, -0.2) is 24.4 Å². The Balaban J connectivity index is 3.72. The molecule has 0 saturated heterocycles. The smallest absolute Gasteiger partial charge is 0.229 e. The van der Waals surface area contributed by atoms with Gasteiger partial charge in [0, 0.05) is 13.6 Å². The van der Waals surface area contributed by atoms with Crippen molar-refractivity contribution < 1.29 is 4.79 Å². The molecular weight excluding hydrogens is 150 g/mol. The van der Waals surface area contributed by atoms with E-state index < -0.39 is 0 Å². The van der Waals surface area contributed by atoms with Crippen LogP contribution in [0.2, 0.25) is 0 Å². The van der Waals surface area contributed by atoms with E-state index in [0.717, 1.165) is 18.9 Å². The summed E-state index contributed by atoms with van der Waals surface area (Å²) in [6.07, 6.45) is 1.08. The van der Waals surface area contributed by atoms with Gasteiger partial charge in [-0.15, -0.1) is 0 Å². The van der Waals surface area contributed by atoms with Gasteiger partial charge in [-0.25, -0.2) is 0 Å². The van der Waals surface area contributed by atoms with Crippen LogP contribution in [0.5, 0.6) is 0 Å². The van der Waals surface area contributed by atoms with E-state index in [2.05, 4.69) is 13.8 Å². The predicted octanol–water partition coefficient (Wildman–Crippen LogP) is 2.11. The van der Waals surface area contributed by atoms with Gasteiger partial charge in [0.25, 0.3) is 0 Å². The van der Waals surface area contributed by atoms with Crippen LogP contribution in [0.1, 0.15) is 34.1 Å². The van der Waals surface area contributed by atoms with Gasteiger partial charge in [0.2, 0.25) is 5.91 Å². The molecule has 0 aliphatic carbocycles. The van der Waals surface area contributed by atoms with E-state index in [4.69, 9.17) is 0 Å². The van der Waals surface area contributed by atoms with Crippen molar-refractivity contribution in [3.8, 4) is 0 Å². The Bertz CT molecular complexity index is 141. The van der Waals surface area contributed by atoms with Gasteiger partial charge in [0.05, 0.1) is 5.92 Å². The van der Waals surface area contributed by atoms with Crippen molar-refractivity contribution in [3.05, 3.63) is 5.92 Å². The second-order valence-electron chi connectivity index (χ2n) is 3.91. The molecule has 0 aromatic heterocycles. The minimum atomic E-state index is 0.163. The molecule has 1 radical (unpaired) electrons. The molecule has 71 valence electrons. The number of hydrogen-bond donors (Lipinski definition) is 0. The Hall–Kier alpha value is -0.530. The molecule has 0 aliphatic rings. The van der Waals surface area contributed by atoms with Crippen molar-refractivity contribution in [2.45, 2.75) is 34.1 Å². The minimum absolute atomic E-state index is 0.163. The summed E-state index contributed by atoms with van der Waals surface area (Å²) in [5.41, 5.74) is 0. The van der Waals surface area contributed by atoms with E-state index in [1.54, 1.807) is 4.90 Å². The topological polar surface area (TPSA) is 20.3 Å². The largest absolute Gasteiger partial charge is 0.345 e. The van der Waals surface area contributed by atoms with E-state index in [1.165, 1.54) is 0 Å². The van der Waals surface area contributed by atoms with Gasteiger partial charge in [-0.1, -0.05) is 13.8 Å². The first-order valence-corrected chi connectivity index (χ1v) is 4.50. The Morgan fingerprint density at radius 1 is 1.33 bits per heavy atom. The summed E-state index contributed by atoms with van der Waals surface area (Å²) in [5, 5.41) is 0. The summed E-state index contributed by atoms with van der Waals surface area (Å²) >= 11 is 0. The average Bonchev–Trinajstić information content (AvgIpc) is 1.98. The summed E-state index contributed by atoms with van der Waals surface area (Å²) in [5.74, 6) is 1.69. The Morgan fingerprint density at radius 2 is 1.83 bits per heavy atom. The zero-order valence-corrected chi connectivity index (χ0v) is 8.85. The molecule has 12 heavy (non-hydrogen) atoms. The Morgan fingerprint density at radius 3 is 2.17 bits per heavy atom. The Labute approximate surface area is 75.9 Å². The highest BCUT2D eigenvalue weighted by molar-refractivity contribution is 5.88. The number of carbonyl (C=O) groups excluding carboxylic acids is 1. The van der Waals surface area contributed by atoms with Gasteiger partial charge in [0.15, 0.2) is 0 Å². The number of carbonyl (C=O) groups is 1. The third-order valence-corrected chi connectivity index (χ3v) is 1.82. The van der Waals surface area contributed by atoms with E-state index in [9.17, 15) is 4.79 Å². The van der Waals surface area contributed by atoms with Crippen molar-refractivity contribution in [2.75, 3.05) is 13.6 Å². The standard InChI is InChI=1S/C10H20NO/c1-8(2)6-7-11(5)10(12)9(3)4/h8H,6-7H2,1-5H3. The molecule has 0 N–H and O–H groups in total. The van der Waals surface area contributed by atoms with Crippen molar-refractivity contribution in [1.82, 2.24) is 4.90 Å². The highest BCUT2D eigenvalue weighted by Gasteiger charge is 2.12. The van der Waals surface area contributed by atoms with Crippen molar-refractivity contribution >= 4 is 5.91 Å². The SMILES string of the molecule is C[C](C)C(=O)N(C)CCC(C)C. The molecule has 2 nitrogen and oxygen atoms in total. The maximum Gasteiger partial charge on any atom is 0.229 e. The van der Waals surface area contributed by atoms with Crippen LogP contribution < -0.4 is 0 Å². The summed E-state index contributed by atoms with van der Waals surface area (Å²) in [7, 11) is 1.86. The summed E-state index contributed by atoms with van der Waals surface area (Å²) < 4.78 is 0. The lowest BCUT2D eigenvalue weighted by Gasteiger charge is -2.19. The normalized spacial score (nSPS) is 10.9. The van der Waals surface area contributed by atoms with Gasteiger partial charge in [0.1, 0.15) is 0 Å². The lowest BCUT2D eigenvalue weighted by atomic mass is 10.1. The van der Waals surface area contributed by atoms with E-state index in [-0.39, 0.29) is 5.91 Å². The molecule has 0 aromatic carbocycles. The second kappa shape index (κ2) is 5.18. The molecule has 0 aliphatic heterocycles. The second-order valence-corrected chi connectivity index (χ2v) is 3.91. The van der Waals surface area contributed by atoms with Crippen LogP contribution in [0.4, 0.5) is 0 Å². The van der Waals surface area contributed by atoms with Crippen molar-refractivity contribution in [3.63, 3.8) is 0 Å². The van der Waals surface area contributed by atoms with Gasteiger partial charge < -0.3 is 4.90 Å². The van der Waals surface area contributed by atoms with Crippen LogP contribution in [0.3, 0.4) is 0 Å². The monoisotopic (exact) mass is 170 g/mol. The first-order chi connectivity index (χ1) is 5.45. The molecule has 0 saturated carbocycles. The predicted molar refractivity (Wildman–Crippen MR) is 51.7 cm³/mol. The number of nitrogens with zero attached hydrogens (tertiary/aromatic N) is 1. The van der Waals surface area contributed by atoms with Crippen LogP contribution in [-0.2, 0) is 4.79 Å². The maximum atomic E-state index is 11.3. The third-order valence-electron chi connectivity index (χ3n) is 1.82. The van der Waals surface area contributed by atoms with Crippen LogP contribution >= 0.6 is 0 Å². The molecule has 0 fully saturated rings. The van der Waals surface area contributed by atoms with Crippen molar-refractivity contribution in [1.29, 1.82) is 0 Å². The van der Waals surface area contributed by atoms with Crippen LogP contribution in [0, 0.1) is 11.8 Å². The molecular formula is C10H20NO. The molecule has 1 amide bonds. The van der Waals surface area contributed by atoms with Crippen LogP contribution in [0.15, 0.2) is 0 Å². The fourth-order valence-corrected chi connectivity index (χ4v) is 0.935. The first kappa shape index (κ1) is 11.5. The summed E-state index contributed by atoms with van der Waals surface area (Å²) in [4.78, 5) is 13.1. The van der Waals surface area contributed by atoms with Gasteiger partial charge in [-0.2, -0.15) is 0 Å². The molecule has 2 heteroatoms. The van der Waals surface area contributed by atoms with E-state index in [0.29, 0.717) is 5.92 Å². The summed E-state index contributed by atoms with van der Waals surface area (Å²) in [6.45, 7) is 8.91. The molecule has 0 atom stereocenters. The zero-order valence-electron chi connectivity index (χ0n) is 8.85. The molecule has 0 heterocycles. The molecule has 0 bridgehead atoms. The highest BCUT2D eigenvalue weighted by Crippen LogP contribution is 2.05. The van der Waals surface area contributed by atoms with E-state index in [1.807, 2.05) is 20.9 Å². The van der Waals surface area contributed by atoms with Gasteiger partial charge in [-0.3, -0.25) is 4.79 Å². The van der Waals surface area contributed by atoms with Gasteiger partial charge in [-0.05, 0) is 26.2 Å². The van der Waals surface area contributed by atoms with Crippen LogP contribution in [0.25, 0.3) is 0 Å². The molecule has 0 spiro atoms. The fraction of sp³-hybridized carbons (Fsp3) is 0.800. The molecule has 0 aromatic rings. The lowest BCUT2D eigenvalue weighted by molar-refractivity contribution is -0.127. The highest BCUT2D eigenvalue weighted by atomic mass is 16.2. The fourth-order valence-electron chi connectivity index (χ4n) is 0.935.